The number of amidine groups is 1. The number of thioether (sulfide) groups is 1. The lowest BCUT2D eigenvalue weighted by atomic mass is 10.3. The average molecular weight is 323 g/mol. The number of hydroxylamine groups is 1. The predicted octanol–water partition coefficient (Wildman–Crippen LogP) is 1.80. The minimum atomic E-state index is -4.60. The van der Waals surface area contributed by atoms with E-state index >= 15 is 0 Å². The van der Waals surface area contributed by atoms with Crippen molar-refractivity contribution in [2.24, 2.45) is 4.99 Å². The summed E-state index contributed by atoms with van der Waals surface area (Å²) in [4.78, 5) is 3.53. The molecular weight excluding hydrogens is 312 g/mol. The number of aliphatic imine (C=N–C) groups is 1. The van der Waals surface area contributed by atoms with Crippen LogP contribution >= 0.6 is 11.8 Å². The quantitative estimate of drug-likeness (QED) is 0.822. The summed E-state index contributed by atoms with van der Waals surface area (Å²) in [5.74, 6) is -2.69. The van der Waals surface area contributed by atoms with Gasteiger partial charge >= 0.3 is 5.76 Å². The third-order valence-electron chi connectivity index (χ3n) is 2.40. The Labute approximate surface area is 118 Å². The molecule has 0 amide bonds. The Hall–Kier alpha value is -1.39. The van der Waals surface area contributed by atoms with E-state index in [1.54, 1.807) is 0 Å². The van der Waals surface area contributed by atoms with Crippen molar-refractivity contribution in [2.45, 2.75) is 10.7 Å². The number of anilines is 1. The summed E-state index contributed by atoms with van der Waals surface area (Å²) in [6, 6.07) is 4.64. The van der Waals surface area contributed by atoms with Gasteiger partial charge in [-0.3, -0.25) is 15.6 Å². The molecule has 2 rings (SSSR count). The van der Waals surface area contributed by atoms with Crippen molar-refractivity contribution in [3.8, 4) is 0 Å². The third-order valence-corrected chi connectivity index (χ3v) is 4.75. The van der Waals surface area contributed by atoms with E-state index in [2.05, 4.69) is 10.4 Å². The first kappa shape index (κ1) is 15.0. The number of sulfone groups is 1. The highest BCUT2D eigenvalue weighted by molar-refractivity contribution is 8.14. The number of halogens is 2. The molecule has 20 heavy (non-hydrogen) atoms. The van der Waals surface area contributed by atoms with Gasteiger partial charge in [0.2, 0.25) is 15.0 Å². The van der Waals surface area contributed by atoms with Crippen molar-refractivity contribution in [2.75, 3.05) is 17.7 Å². The Morgan fingerprint density at radius 3 is 2.50 bits per heavy atom. The van der Waals surface area contributed by atoms with Gasteiger partial charge in [0.25, 0.3) is 0 Å². The summed E-state index contributed by atoms with van der Waals surface area (Å²) in [7, 11) is -4.60. The lowest BCUT2D eigenvalue weighted by Crippen LogP contribution is -2.30. The largest absolute Gasteiger partial charge is 0.341 e. The van der Waals surface area contributed by atoms with Gasteiger partial charge in [0.1, 0.15) is 0 Å². The summed E-state index contributed by atoms with van der Waals surface area (Å²) < 4.78 is 47.1. The second-order valence-electron chi connectivity index (χ2n) is 3.77. The number of hydrogen-bond donors (Lipinski definition) is 2. The molecule has 6 nitrogen and oxygen atoms in total. The molecule has 110 valence electrons. The molecule has 10 heteroatoms. The number of rotatable bonds is 4. The molecule has 1 aromatic carbocycles. The first-order valence-corrected chi connectivity index (χ1v) is 7.99. The van der Waals surface area contributed by atoms with Gasteiger partial charge in [-0.1, -0.05) is 11.8 Å². The second kappa shape index (κ2) is 5.94. The number of hydrazine groups is 1. The molecule has 0 radical (unpaired) electrons. The van der Waals surface area contributed by atoms with Crippen LogP contribution < -0.4 is 5.43 Å². The fraction of sp³-hybridized carbons (Fsp3) is 0.300. The highest BCUT2D eigenvalue weighted by atomic mass is 32.2. The number of nitrogens with zero attached hydrogens (tertiary/aromatic N) is 2. The van der Waals surface area contributed by atoms with Crippen LogP contribution in [-0.2, 0) is 9.84 Å². The molecule has 1 aliphatic rings. The Morgan fingerprint density at radius 2 is 2.00 bits per heavy atom. The summed E-state index contributed by atoms with van der Waals surface area (Å²) in [6.45, 7) is 0.601. The Bertz CT molecular complexity index is 605. The number of hydrogen-bond acceptors (Lipinski definition) is 7. The van der Waals surface area contributed by atoms with E-state index in [1.165, 1.54) is 23.9 Å². The lowest BCUT2D eigenvalue weighted by molar-refractivity contribution is 0.0162. The summed E-state index contributed by atoms with van der Waals surface area (Å²) in [5.41, 5.74) is 2.89. The molecule has 0 atom stereocenters. The molecule has 2 N–H and O–H groups in total. The van der Waals surface area contributed by atoms with Crippen molar-refractivity contribution < 1.29 is 22.4 Å². The van der Waals surface area contributed by atoms with Crippen molar-refractivity contribution in [1.82, 2.24) is 5.17 Å². The van der Waals surface area contributed by atoms with Crippen molar-refractivity contribution in [1.29, 1.82) is 0 Å². The molecule has 1 heterocycles. The van der Waals surface area contributed by atoms with Crippen LogP contribution in [0, 0.1) is 0 Å². The highest BCUT2D eigenvalue weighted by Gasteiger charge is 2.26. The standard InChI is InChI=1S/C10H11F2N3O3S2/c11-9(12)20(17,18)8-3-1-7(2-4-8)14-15(16)10-13-5-6-19-10/h1-4,9,14,16H,5-6H2. The van der Waals surface area contributed by atoms with Crippen molar-refractivity contribution in [3.05, 3.63) is 24.3 Å². The van der Waals surface area contributed by atoms with Gasteiger partial charge < -0.3 is 0 Å². The van der Waals surface area contributed by atoms with Crippen LogP contribution in [0.2, 0.25) is 0 Å². The molecule has 1 aromatic rings. The van der Waals surface area contributed by atoms with E-state index in [0.717, 1.165) is 17.9 Å². The van der Waals surface area contributed by atoms with Gasteiger partial charge in [0, 0.05) is 5.75 Å². The Kier molecular flexibility index (Phi) is 4.45. The summed E-state index contributed by atoms with van der Waals surface area (Å²) in [5, 5.41) is 10.7. The first-order valence-electron chi connectivity index (χ1n) is 5.46. The molecule has 0 aliphatic carbocycles. The Morgan fingerprint density at radius 1 is 1.35 bits per heavy atom. The van der Waals surface area contributed by atoms with Gasteiger partial charge in [-0.05, 0) is 24.3 Å². The molecule has 0 bridgehead atoms. The molecule has 0 unspecified atom stereocenters. The molecule has 1 aliphatic heterocycles. The van der Waals surface area contributed by atoms with E-state index in [-0.39, 0.29) is 0 Å². The summed E-state index contributed by atoms with van der Waals surface area (Å²) in [6.07, 6.45) is 0. The zero-order valence-corrected chi connectivity index (χ0v) is 11.7. The second-order valence-corrected chi connectivity index (χ2v) is 6.75. The van der Waals surface area contributed by atoms with Gasteiger partial charge in [-0.15, -0.1) is 5.17 Å². The first-order chi connectivity index (χ1) is 9.41. The van der Waals surface area contributed by atoms with Crippen LogP contribution in [0.3, 0.4) is 0 Å². The third kappa shape index (κ3) is 3.19. The van der Waals surface area contributed by atoms with Crippen LogP contribution in [0.15, 0.2) is 34.2 Å². The topological polar surface area (TPSA) is 82.0 Å². The fourth-order valence-electron chi connectivity index (χ4n) is 1.44. The molecule has 0 spiro atoms. The van der Waals surface area contributed by atoms with Crippen molar-refractivity contribution in [3.63, 3.8) is 0 Å². The maximum Gasteiger partial charge on any atom is 0.341 e. The van der Waals surface area contributed by atoms with Gasteiger partial charge in [0.05, 0.1) is 17.1 Å². The molecule has 0 aromatic heterocycles. The minimum absolute atomic E-state index is 0.343. The lowest BCUT2D eigenvalue weighted by Gasteiger charge is -2.17. The molecular formula is C10H11F2N3O3S2. The van der Waals surface area contributed by atoms with Crippen LogP contribution in [0.1, 0.15) is 0 Å². The Balaban J connectivity index is 2.09. The minimum Gasteiger partial charge on any atom is -0.273 e. The van der Waals surface area contributed by atoms with Crippen LogP contribution in [0.5, 0.6) is 0 Å². The molecule has 0 fully saturated rings. The highest BCUT2D eigenvalue weighted by Crippen LogP contribution is 2.21. The van der Waals surface area contributed by atoms with E-state index in [0.29, 0.717) is 22.6 Å². The molecule has 0 saturated heterocycles. The van der Waals surface area contributed by atoms with E-state index in [1.807, 2.05) is 0 Å². The van der Waals surface area contributed by atoms with E-state index in [9.17, 15) is 22.4 Å². The monoisotopic (exact) mass is 323 g/mol. The van der Waals surface area contributed by atoms with Crippen LogP contribution in [0.25, 0.3) is 0 Å². The zero-order chi connectivity index (χ0) is 14.8. The number of nitrogens with one attached hydrogen (secondary N) is 1. The SMILES string of the molecule is O=S(=O)(c1ccc(NN(O)C2=NCCS2)cc1)C(F)F. The van der Waals surface area contributed by atoms with Gasteiger partial charge in [0.15, 0.2) is 0 Å². The van der Waals surface area contributed by atoms with Gasteiger partial charge in [-0.25, -0.2) is 8.42 Å². The smallest absolute Gasteiger partial charge is 0.273 e. The van der Waals surface area contributed by atoms with Crippen LogP contribution in [-0.4, -0.2) is 42.0 Å². The van der Waals surface area contributed by atoms with E-state index in [4.69, 9.17) is 0 Å². The van der Waals surface area contributed by atoms with Crippen LogP contribution in [0.4, 0.5) is 14.5 Å². The predicted molar refractivity (Wildman–Crippen MR) is 71.6 cm³/mol. The average Bonchev–Trinajstić information content (AvgIpc) is 2.93. The molecule has 0 saturated carbocycles. The van der Waals surface area contributed by atoms with Gasteiger partial charge in [-0.2, -0.15) is 8.78 Å². The van der Waals surface area contributed by atoms with E-state index < -0.39 is 20.5 Å². The maximum atomic E-state index is 12.3. The number of benzene rings is 1. The number of alkyl halides is 2. The zero-order valence-electron chi connectivity index (χ0n) is 10.0. The summed E-state index contributed by atoms with van der Waals surface area (Å²) >= 11 is 1.35. The normalized spacial score (nSPS) is 15.3. The maximum absolute atomic E-state index is 12.3. The van der Waals surface area contributed by atoms with Crippen molar-refractivity contribution >= 4 is 32.5 Å². The fourth-order valence-corrected chi connectivity index (χ4v) is 2.88.